The summed E-state index contributed by atoms with van der Waals surface area (Å²) in [6.45, 7) is 10.0. The van der Waals surface area contributed by atoms with Gasteiger partial charge in [0, 0.05) is 38.4 Å². The van der Waals surface area contributed by atoms with Crippen molar-refractivity contribution in [3.63, 3.8) is 0 Å². The van der Waals surface area contributed by atoms with Crippen molar-refractivity contribution in [3.8, 4) is 5.75 Å². The monoisotopic (exact) mass is 581 g/mol. The Morgan fingerprint density at radius 2 is 1.63 bits per heavy atom. The third-order valence-corrected chi connectivity index (χ3v) is 7.67. The lowest BCUT2D eigenvalue weighted by molar-refractivity contribution is -0.124. The zero-order chi connectivity index (χ0) is 29.4. The first-order valence-corrected chi connectivity index (χ1v) is 14.6. The first-order chi connectivity index (χ1) is 19.8. The Hall–Kier alpha value is -3.54. The second kappa shape index (κ2) is 14.4. The molecule has 0 radical (unpaired) electrons. The molecule has 0 saturated carbocycles. The number of carbonyl (C=O) groups excluding carboxylic acids is 3. The highest BCUT2D eigenvalue weighted by Crippen LogP contribution is 2.28. The standard InChI is InChI=1S/C30H39N5O5S/c1-4-39-25-13-9-23(10-14-25)31-27(36)21-26-28(37)35(24-11-7-22(8-12-24)29(38)40-5-2)30(41)34(26)16-6-15-33-19-17-32(3)18-20-33/h7-14,26H,4-6,15-21H2,1-3H3,(H,31,36)/t26-/m1/s1. The first-order valence-electron chi connectivity index (χ1n) is 14.2. The molecule has 220 valence electrons. The van der Waals surface area contributed by atoms with Crippen molar-refractivity contribution in [1.29, 1.82) is 0 Å². The Morgan fingerprint density at radius 3 is 2.27 bits per heavy atom. The van der Waals surface area contributed by atoms with Gasteiger partial charge < -0.3 is 29.5 Å². The lowest BCUT2D eigenvalue weighted by atomic mass is 10.1. The fraction of sp³-hybridized carbons (Fsp3) is 0.467. The van der Waals surface area contributed by atoms with Gasteiger partial charge in [0.15, 0.2) is 5.11 Å². The molecule has 0 spiro atoms. The van der Waals surface area contributed by atoms with Gasteiger partial charge in [0.2, 0.25) is 5.91 Å². The number of nitrogens with zero attached hydrogens (tertiary/aromatic N) is 4. The number of nitrogens with one attached hydrogen (secondary N) is 1. The van der Waals surface area contributed by atoms with Crippen LogP contribution in [0.1, 0.15) is 37.0 Å². The number of hydrogen-bond donors (Lipinski definition) is 1. The summed E-state index contributed by atoms with van der Waals surface area (Å²) in [4.78, 5) is 47.0. The highest BCUT2D eigenvalue weighted by molar-refractivity contribution is 7.80. The first kappa shape index (κ1) is 30.4. The van der Waals surface area contributed by atoms with Gasteiger partial charge in [-0.3, -0.25) is 14.5 Å². The number of likely N-dealkylation sites (N-methyl/N-ethyl adjacent to an activating group) is 1. The van der Waals surface area contributed by atoms with E-state index in [2.05, 4.69) is 22.2 Å². The summed E-state index contributed by atoms with van der Waals surface area (Å²) in [6.07, 6.45) is 0.766. The van der Waals surface area contributed by atoms with Crippen molar-refractivity contribution in [2.45, 2.75) is 32.7 Å². The van der Waals surface area contributed by atoms with E-state index in [4.69, 9.17) is 21.7 Å². The molecule has 0 aliphatic carbocycles. The van der Waals surface area contributed by atoms with Crippen molar-refractivity contribution in [2.24, 2.45) is 0 Å². The Balaban J connectivity index is 1.47. The van der Waals surface area contributed by atoms with E-state index < -0.39 is 12.0 Å². The molecule has 2 saturated heterocycles. The van der Waals surface area contributed by atoms with E-state index in [1.54, 1.807) is 55.5 Å². The number of esters is 1. The van der Waals surface area contributed by atoms with Crippen molar-refractivity contribution in [3.05, 3.63) is 54.1 Å². The molecule has 4 rings (SSSR count). The number of carbonyl (C=O) groups is 3. The van der Waals surface area contributed by atoms with Crippen LogP contribution in [0.25, 0.3) is 0 Å². The van der Waals surface area contributed by atoms with Gasteiger partial charge in [-0.15, -0.1) is 0 Å². The van der Waals surface area contributed by atoms with Crippen molar-refractivity contribution >= 4 is 46.5 Å². The van der Waals surface area contributed by atoms with Crippen molar-refractivity contribution < 1.29 is 23.9 Å². The van der Waals surface area contributed by atoms with Gasteiger partial charge in [-0.1, -0.05) is 0 Å². The molecule has 41 heavy (non-hydrogen) atoms. The minimum atomic E-state index is -0.734. The Bertz CT molecular complexity index is 1210. The number of anilines is 2. The summed E-state index contributed by atoms with van der Waals surface area (Å²) < 4.78 is 10.5. The van der Waals surface area contributed by atoms with Crippen LogP contribution in [-0.2, 0) is 14.3 Å². The zero-order valence-electron chi connectivity index (χ0n) is 24.0. The topological polar surface area (TPSA) is 94.7 Å². The number of amides is 2. The van der Waals surface area contributed by atoms with Crippen LogP contribution >= 0.6 is 12.2 Å². The van der Waals surface area contributed by atoms with Gasteiger partial charge in [-0.05, 0) is 94.6 Å². The smallest absolute Gasteiger partial charge is 0.338 e. The summed E-state index contributed by atoms with van der Waals surface area (Å²) in [7, 11) is 2.13. The maximum atomic E-state index is 13.7. The second-order valence-electron chi connectivity index (χ2n) is 10.1. The summed E-state index contributed by atoms with van der Waals surface area (Å²) in [5.74, 6) is -0.249. The second-order valence-corrected chi connectivity index (χ2v) is 10.5. The van der Waals surface area contributed by atoms with Crippen LogP contribution in [0.2, 0.25) is 0 Å². The van der Waals surface area contributed by atoms with Gasteiger partial charge >= 0.3 is 5.97 Å². The Morgan fingerprint density at radius 1 is 0.951 bits per heavy atom. The molecule has 1 atom stereocenters. The molecule has 2 heterocycles. The van der Waals surface area contributed by atoms with Crippen LogP contribution in [0, 0.1) is 0 Å². The lowest BCUT2D eigenvalue weighted by Crippen LogP contribution is -2.45. The van der Waals surface area contributed by atoms with Gasteiger partial charge in [0.25, 0.3) is 5.91 Å². The molecule has 10 nitrogen and oxygen atoms in total. The van der Waals surface area contributed by atoms with Crippen LogP contribution in [0.15, 0.2) is 48.5 Å². The highest BCUT2D eigenvalue weighted by Gasteiger charge is 2.44. The molecule has 11 heteroatoms. The molecule has 0 aromatic heterocycles. The van der Waals surface area contributed by atoms with E-state index in [-0.39, 0.29) is 24.8 Å². The molecule has 0 bridgehead atoms. The van der Waals surface area contributed by atoms with Crippen LogP contribution in [0.3, 0.4) is 0 Å². The molecule has 2 fully saturated rings. The number of rotatable bonds is 12. The summed E-state index contributed by atoms with van der Waals surface area (Å²) in [5.41, 5.74) is 1.56. The summed E-state index contributed by atoms with van der Waals surface area (Å²) in [5, 5.41) is 3.25. The number of hydrogen-bond acceptors (Lipinski definition) is 8. The predicted octanol–water partition coefficient (Wildman–Crippen LogP) is 3.23. The minimum Gasteiger partial charge on any atom is -0.494 e. The van der Waals surface area contributed by atoms with Crippen molar-refractivity contribution in [2.75, 3.05) is 69.7 Å². The summed E-state index contributed by atoms with van der Waals surface area (Å²) >= 11 is 5.80. The minimum absolute atomic E-state index is 0.0435. The predicted molar refractivity (Wildman–Crippen MR) is 162 cm³/mol. The average molecular weight is 582 g/mol. The van der Waals surface area contributed by atoms with Crippen molar-refractivity contribution in [1.82, 2.24) is 14.7 Å². The van der Waals surface area contributed by atoms with Gasteiger partial charge in [0.05, 0.1) is 30.9 Å². The molecule has 2 aromatic carbocycles. The quantitative estimate of drug-likeness (QED) is 0.300. The number of ether oxygens (including phenoxy) is 2. The molecule has 2 aromatic rings. The third kappa shape index (κ3) is 7.81. The van der Waals surface area contributed by atoms with E-state index in [9.17, 15) is 14.4 Å². The number of thiocarbonyl (C=S) groups is 1. The Kier molecular flexibility index (Phi) is 10.7. The zero-order valence-corrected chi connectivity index (χ0v) is 24.8. The van der Waals surface area contributed by atoms with Gasteiger partial charge in [0.1, 0.15) is 11.8 Å². The Labute approximate surface area is 247 Å². The van der Waals surface area contributed by atoms with Crippen LogP contribution < -0.4 is 15.0 Å². The van der Waals surface area contributed by atoms with E-state index in [0.717, 1.165) is 44.9 Å². The molecular formula is C30H39N5O5S. The largest absolute Gasteiger partial charge is 0.494 e. The van der Waals surface area contributed by atoms with Crippen LogP contribution in [-0.4, -0.2) is 103 Å². The SMILES string of the molecule is CCOC(=O)c1ccc(N2C(=O)[C@@H](CC(=O)Nc3ccc(OCC)cc3)N(CCCN3CCN(C)CC3)C2=S)cc1. The average Bonchev–Trinajstić information content (AvgIpc) is 3.19. The van der Waals surface area contributed by atoms with Crippen LogP contribution in [0.5, 0.6) is 5.75 Å². The molecule has 0 unspecified atom stereocenters. The molecule has 2 aliphatic rings. The van der Waals surface area contributed by atoms with Crippen LogP contribution in [0.4, 0.5) is 11.4 Å². The molecule has 1 N–H and O–H groups in total. The van der Waals surface area contributed by atoms with E-state index in [1.165, 1.54) is 4.90 Å². The van der Waals surface area contributed by atoms with E-state index >= 15 is 0 Å². The normalized spacial score (nSPS) is 18.1. The number of piperazine rings is 1. The van der Waals surface area contributed by atoms with E-state index in [1.807, 2.05) is 11.8 Å². The molecular weight excluding hydrogens is 542 g/mol. The maximum Gasteiger partial charge on any atom is 0.338 e. The third-order valence-electron chi connectivity index (χ3n) is 7.25. The number of benzene rings is 2. The van der Waals surface area contributed by atoms with Gasteiger partial charge in [-0.25, -0.2) is 4.79 Å². The summed E-state index contributed by atoms with van der Waals surface area (Å²) in [6, 6.07) is 13.0. The van der Waals surface area contributed by atoms with E-state index in [0.29, 0.717) is 35.2 Å². The van der Waals surface area contributed by atoms with Gasteiger partial charge in [-0.2, -0.15) is 0 Å². The fourth-order valence-electron chi connectivity index (χ4n) is 5.01. The maximum absolute atomic E-state index is 13.7. The molecule has 2 amide bonds. The molecule has 2 aliphatic heterocycles. The highest BCUT2D eigenvalue weighted by atomic mass is 32.1. The lowest BCUT2D eigenvalue weighted by Gasteiger charge is -2.33. The fourth-order valence-corrected chi connectivity index (χ4v) is 5.42.